The molecule has 0 saturated carbocycles. The lowest BCUT2D eigenvalue weighted by Crippen LogP contribution is -2.25. The van der Waals surface area contributed by atoms with Crippen molar-refractivity contribution in [3.63, 3.8) is 0 Å². The van der Waals surface area contributed by atoms with E-state index in [4.69, 9.17) is 0 Å². The van der Waals surface area contributed by atoms with Gasteiger partial charge in [0.2, 0.25) is 0 Å². The number of nitrogens with zero attached hydrogens (tertiary/aromatic N) is 3. The SMILES string of the molecule is C[n+]1ccc(Nc2cccc(C(=O)Nc3ccc(Nc4ccnc5ccc([N+](=O)[O-])cc45)cc3)c2)cc1. The van der Waals surface area contributed by atoms with Gasteiger partial charge >= 0.3 is 0 Å². The van der Waals surface area contributed by atoms with Crippen molar-refractivity contribution in [3.05, 3.63) is 119 Å². The average molecular weight is 492 g/mol. The predicted octanol–water partition coefficient (Wildman–Crippen LogP) is 5.71. The van der Waals surface area contributed by atoms with Crippen LogP contribution in [0.2, 0.25) is 0 Å². The summed E-state index contributed by atoms with van der Waals surface area (Å²) >= 11 is 0. The smallest absolute Gasteiger partial charge is 0.270 e. The van der Waals surface area contributed by atoms with Gasteiger partial charge in [0, 0.05) is 64.2 Å². The largest absolute Gasteiger partial charge is 0.355 e. The number of nitro groups is 1. The molecular formula is C28H23N6O3+. The molecule has 1 amide bonds. The van der Waals surface area contributed by atoms with Crippen LogP contribution < -0.4 is 20.5 Å². The van der Waals surface area contributed by atoms with Crippen LogP contribution >= 0.6 is 0 Å². The Balaban J connectivity index is 1.27. The van der Waals surface area contributed by atoms with E-state index in [0.717, 1.165) is 17.1 Å². The molecule has 0 saturated heterocycles. The number of anilines is 5. The molecule has 0 aliphatic carbocycles. The first-order valence-electron chi connectivity index (χ1n) is 11.5. The highest BCUT2D eigenvalue weighted by Gasteiger charge is 2.11. The molecule has 0 fully saturated rings. The van der Waals surface area contributed by atoms with Gasteiger partial charge in [0.25, 0.3) is 11.6 Å². The fourth-order valence-corrected chi connectivity index (χ4v) is 3.84. The van der Waals surface area contributed by atoms with E-state index in [0.29, 0.717) is 27.8 Å². The number of non-ortho nitro benzene ring substituents is 1. The van der Waals surface area contributed by atoms with Crippen LogP contribution in [-0.4, -0.2) is 15.8 Å². The van der Waals surface area contributed by atoms with E-state index in [1.807, 2.05) is 60.4 Å². The van der Waals surface area contributed by atoms with E-state index in [1.165, 1.54) is 12.1 Å². The van der Waals surface area contributed by atoms with E-state index in [2.05, 4.69) is 20.9 Å². The van der Waals surface area contributed by atoms with Crippen molar-refractivity contribution in [1.82, 2.24) is 4.98 Å². The normalized spacial score (nSPS) is 10.6. The minimum atomic E-state index is -0.429. The molecule has 0 spiro atoms. The number of benzene rings is 3. The van der Waals surface area contributed by atoms with E-state index < -0.39 is 4.92 Å². The second-order valence-corrected chi connectivity index (χ2v) is 8.43. The Morgan fingerprint density at radius 2 is 1.57 bits per heavy atom. The number of carbonyl (C=O) groups is 1. The van der Waals surface area contributed by atoms with E-state index in [1.54, 1.807) is 42.6 Å². The molecule has 5 rings (SSSR count). The fourth-order valence-electron chi connectivity index (χ4n) is 3.84. The highest BCUT2D eigenvalue weighted by Crippen LogP contribution is 2.29. The Bertz CT molecular complexity index is 1600. The average Bonchev–Trinajstić information content (AvgIpc) is 2.91. The van der Waals surface area contributed by atoms with Crippen LogP contribution in [0.4, 0.5) is 34.1 Å². The summed E-state index contributed by atoms with van der Waals surface area (Å²) in [5, 5.41) is 21.3. The number of hydrogen-bond donors (Lipinski definition) is 3. The van der Waals surface area contributed by atoms with Gasteiger partial charge in [0.05, 0.1) is 16.1 Å². The monoisotopic (exact) mass is 491 g/mol. The third-order valence-corrected chi connectivity index (χ3v) is 5.75. The highest BCUT2D eigenvalue weighted by atomic mass is 16.6. The number of nitrogens with one attached hydrogen (secondary N) is 3. The number of aryl methyl sites for hydroxylation is 1. The molecule has 37 heavy (non-hydrogen) atoms. The van der Waals surface area contributed by atoms with Crippen molar-refractivity contribution < 1.29 is 14.3 Å². The molecule has 5 aromatic rings. The number of hydrogen-bond acceptors (Lipinski definition) is 6. The maximum Gasteiger partial charge on any atom is 0.270 e. The molecule has 3 aromatic carbocycles. The van der Waals surface area contributed by atoms with Crippen LogP contribution in [0.5, 0.6) is 0 Å². The number of fused-ring (bicyclic) bond motifs is 1. The van der Waals surface area contributed by atoms with Gasteiger partial charge in [-0.1, -0.05) is 6.07 Å². The van der Waals surface area contributed by atoms with Gasteiger partial charge < -0.3 is 16.0 Å². The second kappa shape index (κ2) is 10.1. The molecule has 2 heterocycles. The zero-order valence-electron chi connectivity index (χ0n) is 19.9. The zero-order valence-corrected chi connectivity index (χ0v) is 19.9. The first kappa shape index (κ1) is 23.4. The number of amides is 1. The summed E-state index contributed by atoms with van der Waals surface area (Å²) in [5.41, 5.74) is 5.01. The van der Waals surface area contributed by atoms with Crippen molar-refractivity contribution in [2.45, 2.75) is 0 Å². The molecule has 0 atom stereocenters. The summed E-state index contributed by atoms with van der Waals surface area (Å²) < 4.78 is 1.95. The standard InChI is InChI=1S/C28H22N6O3/c1-33-15-12-22(13-16-33)30-23-4-2-3-19(17-23)28(35)32-21-7-5-20(6-8-21)31-27-11-14-29-26-10-9-24(34(36)37)18-25(26)27/h2-18H,1H3,(H2,29,31,32,35)/p+1. The molecule has 9 nitrogen and oxygen atoms in total. The third kappa shape index (κ3) is 5.51. The lowest BCUT2D eigenvalue weighted by atomic mass is 10.1. The van der Waals surface area contributed by atoms with E-state index in [9.17, 15) is 14.9 Å². The summed E-state index contributed by atoms with van der Waals surface area (Å²) in [7, 11) is 1.95. The van der Waals surface area contributed by atoms with Crippen molar-refractivity contribution in [2.24, 2.45) is 7.05 Å². The van der Waals surface area contributed by atoms with Gasteiger partial charge in [-0.15, -0.1) is 0 Å². The van der Waals surface area contributed by atoms with Crippen LogP contribution in [0.25, 0.3) is 10.9 Å². The maximum absolute atomic E-state index is 12.9. The van der Waals surface area contributed by atoms with Crippen LogP contribution in [0.3, 0.4) is 0 Å². The second-order valence-electron chi connectivity index (χ2n) is 8.43. The molecular weight excluding hydrogens is 468 g/mol. The topological polar surface area (TPSA) is 113 Å². The van der Waals surface area contributed by atoms with Gasteiger partial charge in [0.1, 0.15) is 7.05 Å². The number of pyridine rings is 2. The summed E-state index contributed by atoms with van der Waals surface area (Å²) in [6.45, 7) is 0. The molecule has 9 heteroatoms. The number of aromatic nitrogens is 2. The van der Waals surface area contributed by atoms with Crippen LogP contribution in [0.1, 0.15) is 10.4 Å². The summed E-state index contributed by atoms with van der Waals surface area (Å²) in [6.07, 6.45) is 5.53. The highest BCUT2D eigenvalue weighted by molar-refractivity contribution is 6.05. The van der Waals surface area contributed by atoms with Gasteiger partial charge in [0.15, 0.2) is 12.4 Å². The molecule has 0 unspecified atom stereocenters. The number of rotatable bonds is 7. The zero-order chi connectivity index (χ0) is 25.8. The Hall–Kier alpha value is -5.31. The summed E-state index contributed by atoms with van der Waals surface area (Å²) in [5.74, 6) is -0.226. The fraction of sp³-hybridized carbons (Fsp3) is 0.0357. The Morgan fingerprint density at radius 3 is 2.32 bits per heavy atom. The van der Waals surface area contributed by atoms with Crippen LogP contribution in [0.15, 0.2) is 104 Å². The van der Waals surface area contributed by atoms with Gasteiger partial charge in [-0.3, -0.25) is 19.9 Å². The first-order chi connectivity index (χ1) is 17.9. The number of carbonyl (C=O) groups excluding carboxylic acids is 1. The summed E-state index contributed by atoms with van der Waals surface area (Å²) in [6, 6.07) is 24.8. The van der Waals surface area contributed by atoms with Gasteiger partial charge in [-0.05, 0) is 54.6 Å². The van der Waals surface area contributed by atoms with Crippen molar-refractivity contribution in [1.29, 1.82) is 0 Å². The van der Waals surface area contributed by atoms with Crippen LogP contribution in [0, 0.1) is 10.1 Å². The minimum absolute atomic E-state index is 0.00116. The van der Waals surface area contributed by atoms with E-state index in [-0.39, 0.29) is 11.6 Å². The predicted molar refractivity (Wildman–Crippen MR) is 143 cm³/mol. The van der Waals surface area contributed by atoms with Crippen molar-refractivity contribution in [2.75, 3.05) is 16.0 Å². The summed E-state index contributed by atoms with van der Waals surface area (Å²) in [4.78, 5) is 27.9. The molecule has 0 bridgehead atoms. The quantitative estimate of drug-likeness (QED) is 0.153. The Labute approximate surface area is 212 Å². The number of nitro benzene ring substituents is 1. The Kier molecular flexibility index (Phi) is 6.41. The van der Waals surface area contributed by atoms with Crippen molar-refractivity contribution >= 4 is 50.9 Å². The molecule has 3 N–H and O–H groups in total. The van der Waals surface area contributed by atoms with Crippen molar-refractivity contribution in [3.8, 4) is 0 Å². The Morgan fingerprint density at radius 1 is 0.838 bits per heavy atom. The molecule has 0 aliphatic rings. The first-order valence-corrected chi connectivity index (χ1v) is 11.5. The third-order valence-electron chi connectivity index (χ3n) is 5.75. The molecule has 0 radical (unpaired) electrons. The van der Waals surface area contributed by atoms with E-state index >= 15 is 0 Å². The lowest BCUT2D eigenvalue weighted by Gasteiger charge is -2.11. The minimum Gasteiger partial charge on any atom is -0.355 e. The van der Waals surface area contributed by atoms with Gasteiger partial charge in [-0.25, -0.2) is 4.57 Å². The maximum atomic E-state index is 12.9. The van der Waals surface area contributed by atoms with Crippen LogP contribution in [-0.2, 0) is 7.05 Å². The molecule has 2 aromatic heterocycles. The lowest BCUT2D eigenvalue weighted by molar-refractivity contribution is -0.671. The van der Waals surface area contributed by atoms with Gasteiger partial charge in [-0.2, -0.15) is 0 Å². The molecule has 182 valence electrons. The molecule has 0 aliphatic heterocycles.